The van der Waals surface area contributed by atoms with E-state index in [1.807, 2.05) is 65.0 Å². The topological polar surface area (TPSA) is 87.7 Å². The van der Waals surface area contributed by atoms with Crippen molar-refractivity contribution in [3.05, 3.63) is 63.7 Å². The van der Waals surface area contributed by atoms with E-state index in [9.17, 15) is 14.4 Å². The van der Waals surface area contributed by atoms with Crippen LogP contribution in [-0.2, 0) is 14.3 Å². The molecule has 0 aliphatic heterocycles. The molecule has 0 radical (unpaired) electrons. The van der Waals surface area contributed by atoms with Crippen LogP contribution in [0.4, 0.5) is 10.5 Å². The molecule has 2 atom stereocenters. The lowest BCUT2D eigenvalue weighted by molar-refractivity contribution is -0.146. The van der Waals surface area contributed by atoms with Crippen molar-refractivity contribution < 1.29 is 19.1 Å². The highest BCUT2D eigenvalue weighted by atomic mass is 35.5. The van der Waals surface area contributed by atoms with E-state index in [-0.39, 0.29) is 23.8 Å². The van der Waals surface area contributed by atoms with Crippen LogP contribution in [0.3, 0.4) is 0 Å². The Morgan fingerprint density at radius 2 is 1.68 bits per heavy atom. The second kappa shape index (κ2) is 13.1. The lowest BCUT2D eigenvalue weighted by atomic mass is 9.87. The predicted molar refractivity (Wildman–Crippen MR) is 161 cm³/mol. The first-order valence-electron chi connectivity index (χ1n) is 14.1. The van der Waals surface area contributed by atoms with E-state index >= 15 is 0 Å². The summed E-state index contributed by atoms with van der Waals surface area (Å²) in [6, 6.07) is 9.49. The van der Waals surface area contributed by atoms with Gasteiger partial charge in [0.15, 0.2) is 0 Å². The van der Waals surface area contributed by atoms with Crippen LogP contribution in [0.2, 0.25) is 5.02 Å². The molecule has 218 valence electrons. The second-order valence-corrected chi connectivity index (χ2v) is 12.8. The molecule has 7 nitrogen and oxygen atoms in total. The normalized spacial score (nSPS) is 15.2. The Bertz CT molecular complexity index is 1190. The van der Waals surface area contributed by atoms with Crippen LogP contribution in [-0.4, -0.2) is 40.5 Å². The fourth-order valence-electron chi connectivity index (χ4n) is 5.09. The number of para-hydroxylation sites is 1. The molecule has 0 aromatic heterocycles. The summed E-state index contributed by atoms with van der Waals surface area (Å²) in [5.74, 6) is -0.521. The third-order valence-corrected chi connectivity index (χ3v) is 7.29. The van der Waals surface area contributed by atoms with Crippen molar-refractivity contribution in [3.8, 4) is 0 Å². The SMILES string of the molecule is Cc1cc(C)cc(C(C(=O)Nc2c(C)cccc2Cl)N(C(=O)C(CC(C)C)NC(=O)OC(C)(C)C)C2CCC2)c1. The molecule has 3 rings (SSSR count). The smallest absolute Gasteiger partial charge is 0.408 e. The molecule has 1 aliphatic rings. The number of anilines is 1. The van der Waals surface area contributed by atoms with Crippen LogP contribution < -0.4 is 10.6 Å². The molecule has 0 heterocycles. The minimum atomic E-state index is -0.915. The largest absolute Gasteiger partial charge is 0.444 e. The van der Waals surface area contributed by atoms with Crippen molar-refractivity contribution in [3.63, 3.8) is 0 Å². The lowest BCUT2D eigenvalue weighted by Crippen LogP contribution is -2.57. The fourth-order valence-corrected chi connectivity index (χ4v) is 5.36. The van der Waals surface area contributed by atoms with Crippen molar-refractivity contribution in [2.24, 2.45) is 5.92 Å². The zero-order valence-corrected chi connectivity index (χ0v) is 25.8. The van der Waals surface area contributed by atoms with Crippen LogP contribution in [0.5, 0.6) is 0 Å². The van der Waals surface area contributed by atoms with E-state index in [2.05, 4.69) is 10.6 Å². The Morgan fingerprint density at radius 1 is 1.05 bits per heavy atom. The molecule has 2 aromatic carbocycles. The number of nitrogens with zero attached hydrogens (tertiary/aromatic N) is 1. The molecule has 3 amide bonds. The van der Waals surface area contributed by atoms with Crippen molar-refractivity contribution in [1.82, 2.24) is 10.2 Å². The van der Waals surface area contributed by atoms with Gasteiger partial charge in [0.05, 0.1) is 10.7 Å². The number of hydrogen-bond donors (Lipinski definition) is 2. The minimum Gasteiger partial charge on any atom is -0.444 e. The van der Waals surface area contributed by atoms with Gasteiger partial charge in [-0.15, -0.1) is 0 Å². The average Bonchev–Trinajstić information content (AvgIpc) is 2.77. The number of carbonyl (C=O) groups is 3. The predicted octanol–water partition coefficient (Wildman–Crippen LogP) is 7.27. The molecule has 1 fully saturated rings. The van der Waals surface area contributed by atoms with Crippen LogP contribution in [0.15, 0.2) is 36.4 Å². The maximum absolute atomic E-state index is 14.4. The minimum absolute atomic E-state index is 0.117. The van der Waals surface area contributed by atoms with Crippen molar-refractivity contribution in [2.75, 3.05) is 5.32 Å². The highest BCUT2D eigenvalue weighted by Gasteiger charge is 2.42. The average molecular weight is 570 g/mol. The molecule has 0 saturated heterocycles. The number of ether oxygens (including phenoxy) is 1. The van der Waals surface area contributed by atoms with E-state index in [0.29, 0.717) is 17.1 Å². The highest BCUT2D eigenvalue weighted by molar-refractivity contribution is 6.34. The molecule has 8 heteroatoms. The maximum atomic E-state index is 14.4. The summed E-state index contributed by atoms with van der Waals surface area (Å²) in [6.45, 7) is 15.2. The van der Waals surface area contributed by atoms with E-state index < -0.39 is 23.8 Å². The summed E-state index contributed by atoms with van der Waals surface area (Å²) in [7, 11) is 0. The number of benzene rings is 2. The number of halogens is 1. The van der Waals surface area contributed by atoms with Crippen LogP contribution in [0.25, 0.3) is 0 Å². The van der Waals surface area contributed by atoms with Crippen molar-refractivity contribution in [2.45, 2.75) is 105 Å². The Labute approximate surface area is 244 Å². The Morgan fingerprint density at radius 3 is 2.17 bits per heavy atom. The van der Waals surface area contributed by atoms with Crippen LogP contribution in [0, 0.1) is 26.7 Å². The Balaban J connectivity index is 2.09. The molecule has 0 spiro atoms. The van der Waals surface area contributed by atoms with Crippen LogP contribution >= 0.6 is 11.6 Å². The van der Waals surface area contributed by atoms with Crippen molar-refractivity contribution >= 4 is 35.2 Å². The number of amides is 3. The molecule has 1 saturated carbocycles. The zero-order chi connectivity index (χ0) is 29.8. The van der Waals surface area contributed by atoms with Crippen molar-refractivity contribution in [1.29, 1.82) is 0 Å². The van der Waals surface area contributed by atoms with Gasteiger partial charge in [0.1, 0.15) is 17.7 Å². The lowest BCUT2D eigenvalue weighted by Gasteiger charge is -2.44. The molecular weight excluding hydrogens is 526 g/mol. The summed E-state index contributed by atoms with van der Waals surface area (Å²) in [5.41, 5.74) is 3.35. The van der Waals surface area contributed by atoms with Gasteiger partial charge in [-0.2, -0.15) is 0 Å². The van der Waals surface area contributed by atoms with Gasteiger partial charge >= 0.3 is 6.09 Å². The number of hydrogen-bond acceptors (Lipinski definition) is 4. The number of alkyl carbamates (subject to hydrolysis) is 1. The molecule has 2 unspecified atom stereocenters. The van der Waals surface area contributed by atoms with Gasteiger partial charge in [-0.25, -0.2) is 4.79 Å². The van der Waals surface area contributed by atoms with Gasteiger partial charge in [-0.1, -0.05) is 66.9 Å². The van der Waals surface area contributed by atoms with Gasteiger partial charge in [0, 0.05) is 6.04 Å². The van der Waals surface area contributed by atoms with Gasteiger partial charge in [0.25, 0.3) is 5.91 Å². The van der Waals surface area contributed by atoms with E-state index in [1.165, 1.54) is 0 Å². The monoisotopic (exact) mass is 569 g/mol. The number of nitrogens with one attached hydrogen (secondary N) is 2. The van der Waals surface area contributed by atoms with E-state index in [4.69, 9.17) is 16.3 Å². The molecular formula is C32H44ClN3O4. The van der Waals surface area contributed by atoms with E-state index in [0.717, 1.165) is 41.5 Å². The summed E-state index contributed by atoms with van der Waals surface area (Å²) in [4.78, 5) is 43.2. The third-order valence-electron chi connectivity index (χ3n) is 6.98. The number of rotatable bonds is 9. The van der Waals surface area contributed by atoms with Gasteiger partial charge < -0.3 is 20.3 Å². The molecule has 40 heavy (non-hydrogen) atoms. The molecule has 1 aliphatic carbocycles. The first kappa shape index (κ1) is 31.5. The summed E-state index contributed by atoms with van der Waals surface area (Å²) >= 11 is 6.48. The zero-order valence-electron chi connectivity index (χ0n) is 25.1. The molecule has 2 N–H and O–H groups in total. The molecule has 2 aromatic rings. The standard InChI is InChI=1S/C32H44ClN3O4/c1-19(2)15-26(34-31(39)40-32(6,7)8)30(38)36(24-12-10-13-24)28(23-17-20(3)16-21(4)18-23)29(37)35-27-22(5)11-9-14-25(27)33/h9,11,14,16-19,24,26,28H,10,12-13,15H2,1-8H3,(H,34,39)(H,35,37). The number of aryl methyl sites for hydroxylation is 3. The Kier molecular flexibility index (Phi) is 10.3. The fraction of sp³-hybridized carbons (Fsp3) is 0.531. The summed E-state index contributed by atoms with van der Waals surface area (Å²) in [6.07, 6.45) is 2.29. The van der Waals surface area contributed by atoms with Gasteiger partial charge in [-0.05, 0) is 90.3 Å². The van der Waals surface area contributed by atoms with Gasteiger partial charge in [0.2, 0.25) is 5.91 Å². The number of carbonyl (C=O) groups excluding carboxylic acids is 3. The van der Waals surface area contributed by atoms with Crippen LogP contribution in [0.1, 0.15) is 88.6 Å². The first-order chi connectivity index (χ1) is 18.7. The second-order valence-electron chi connectivity index (χ2n) is 12.4. The quantitative estimate of drug-likeness (QED) is 0.332. The maximum Gasteiger partial charge on any atom is 0.408 e. The van der Waals surface area contributed by atoms with Gasteiger partial charge in [-0.3, -0.25) is 9.59 Å². The summed E-state index contributed by atoms with van der Waals surface area (Å²) in [5, 5.41) is 6.28. The van der Waals surface area contributed by atoms with E-state index in [1.54, 1.807) is 31.7 Å². The summed E-state index contributed by atoms with van der Waals surface area (Å²) < 4.78 is 5.50. The first-order valence-corrected chi connectivity index (χ1v) is 14.5. The third kappa shape index (κ3) is 8.23. The highest BCUT2D eigenvalue weighted by Crippen LogP contribution is 2.36. The molecule has 0 bridgehead atoms. The Hall–Kier alpha value is -3.06.